The molecule has 3 aromatic rings. The van der Waals surface area contributed by atoms with Crippen LogP contribution in [0.4, 0.5) is 0 Å². The fourth-order valence-corrected chi connectivity index (χ4v) is 2.74. The van der Waals surface area contributed by atoms with E-state index in [2.05, 4.69) is 40.1 Å². The molecule has 1 atom stereocenters. The average Bonchev–Trinajstić information content (AvgIpc) is 2.99. The molecule has 0 aliphatic heterocycles. The third kappa shape index (κ3) is 4.03. The number of benzene rings is 2. The molecular weight excluding hydrogens is 298 g/mol. The quantitative estimate of drug-likeness (QED) is 0.731. The van der Waals surface area contributed by atoms with Gasteiger partial charge in [-0.25, -0.2) is 0 Å². The summed E-state index contributed by atoms with van der Waals surface area (Å²) < 4.78 is 2.05. The summed E-state index contributed by atoms with van der Waals surface area (Å²) in [6, 6.07) is 19.7. The predicted molar refractivity (Wildman–Crippen MR) is 95.9 cm³/mol. The van der Waals surface area contributed by atoms with Crippen LogP contribution in [0, 0.1) is 0 Å². The summed E-state index contributed by atoms with van der Waals surface area (Å²) in [5.41, 5.74) is 10.5. The number of rotatable bonds is 6. The Kier molecular flexibility index (Phi) is 4.96. The number of aryl methyl sites for hydroxylation is 2. The molecule has 4 heteroatoms. The summed E-state index contributed by atoms with van der Waals surface area (Å²) in [6.45, 7) is 2.78. The fourth-order valence-electron chi connectivity index (χ4n) is 2.74. The standard InChI is InChI=1S/C20H23N3O/c1-15(21)20-14-18(13-17-7-9-19(24)10-8-17)23(22-20)12-11-16-5-3-2-4-6-16/h2-10,14-15,24H,11-13,21H2,1H3. The van der Waals surface area contributed by atoms with Gasteiger partial charge < -0.3 is 10.8 Å². The van der Waals surface area contributed by atoms with E-state index in [1.54, 1.807) is 12.1 Å². The molecule has 124 valence electrons. The van der Waals surface area contributed by atoms with Crippen molar-refractivity contribution >= 4 is 0 Å². The Hall–Kier alpha value is -2.59. The second-order valence-corrected chi connectivity index (χ2v) is 6.15. The zero-order chi connectivity index (χ0) is 16.9. The molecule has 0 amide bonds. The second kappa shape index (κ2) is 7.32. The molecule has 0 spiro atoms. The van der Waals surface area contributed by atoms with Crippen molar-refractivity contribution in [1.29, 1.82) is 0 Å². The molecular formula is C20H23N3O. The van der Waals surface area contributed by atoms with Crippen molar-refractivity contribution in [3.63, 3.8) is 0 Å². The van der Waals surface area contributed by atoms with Crippen molar-refractivity contribution < 1.29 is 5.11 Å². The second-order valence-electron chi connectivity index (χ2n) is 6.15. The maximum absolute atomic E-state index is 9.43. The maximum Gasteiger partial charge on any atom is 0.115 e. The van der Waals surface area contributed by atoms with Crippen LogP contribution in [0.1, 0.15) is 35.5 Å². The average molecular weight is 321 g/mol. The number of hydrogen-bond acceptors (Lipinski definition) is 3. The highest BCUT2D eigenvalue weighted by atomic mass is 16.3. The van der Waals surface area contributed by atoms with E-state index in [0.29, 0.717) is 0 Å². The van der Waals surface area contributed by atoms with Crippen LogP contribution in [0.25, 0.3) is 0 Å². The predicted octanol–water partition coefficient (Wildman–Crippen LogP) is 3.44. The summed E-state index contributed by atoms with van der Waals surface area (Å²) in [4.78, 5) is 0. The molecule has 3 rings (SSSR count). The van der Waals surface area contributed by atoms with Gasteiger partial charge in [-0.05, 0) is 42.7 Å². The summed E-state index contributed by atoms with van der Waals surface area (Å²) in [5.74, 6) is 0.285. The molecule has 0 radical (unpaired) electrons. The molecule has 0 saturated carbocycles. The lowest BCUT2D eigenvalue weighted by Crippen LogP contribution is -2.10. The molecule has 0 bridgehead atoms. The van der Waals surface area contributed by atoms with Crippen LogP contribution < -0.4 is 5.73 Å². The van der Waals surface area contributed by atoms with E-state index in [0.717, 1.165) is 36.3 Å². The Labute approximate surface area is 142 Å². The Bertz CT molecular complexity index is 776. The molecule has 2 aromatic carbocycles. The molecule has 0 aliphatic carbocycles. The Morgan fingerprint density at radius 1 is 1.04 bits per heavy atom. The number of nitrogens with zero attached hydrogens (tertiary/aromatic N) is 2. The van der Waals surface area contributed by atoms with Crippen LogP contribution in [0.15, 0.2) is 60.7 Å². The van der Waals surface area contributed by atoms with Gasteiger partial charge in [0.15, 0.2) is 0 Å². The molecule has 0 saturated heterocycles. The van der Waals surface area contributed by atoms with Gasteiger partial charge in [0, 0.05) is 24.7 Å². The van der Waals surface area contributed by atoms with Crippen LogP contribution in [-0.2, 0) is 19.4 Å². The van der Waals surface area contributed by atoms with E-state index in [1.807, 2.05) is 25.1 Å². The van der Waals surface area contributed by atoms with Crippen LogP contribution in [0.2, 0.25) is 0 Å². The van der Waals surface area contributed by atoms with Gasteiger partial charge >= 0.3 is 0 Å². The van der Waals surface area contributed by atoms with Crippen molar-refractivity contribution in [2.24, 2.45) is 5.73 Å². The SMILES string of the molecule is CC(N)c1cc(Cc2ccc(O)cc2)n(CCc2ccccc2)n1. The zero-order valence-corrected chi connectivity index (χ0v) is 13.9. The van der Waals surface area contributed by atoms with Crippen LogP contribution in [-0.4, -0.2) is 14.9 Å². The third-order valence-electron chi connectivity index (χ3n) is 4.13. The van der Waals surface area contributed by atoms with Gasteiger partial charge in [-0.3, -0.25) is 4.68 Å². The third-order valence-corrected chi connectivity index (χ3v) is 4.13. The number of nitrogens with two attached hydrogens (primary N) is 1. The van der Waals surface area contributed by atoms with E-state index >= 15 is 0 Å². The smallest absolute Gasteiger partial charge is 0.115 e. The Morgan fingerprint density at radius 3 is 2.42 bits per heavy atom. The van der Waals surface area contributed by atoms with Crippen molar-refractivity contribution in [3.8, 4) is 5.75 Å². The first-order chi connectivity index (χ1) is 11.6. The highest BCUT2D eigenvalue weighted by Gasteiger charge is 2.11. The highest BCUT2D eigenvalue weighted by molar-refractivity contribution is 5.29. The summed E-state index contributed by atoms with van der Waals surface area (Å²) in [5, 5.41) is 14.1. The zero-order valence-electron chi connectivity index (χ0n) is 13.9. The minimum absolute atomic E-state index is 0.0819. The summed E-state index contributed by atoms with van der Waals surface area (Å²) in [7, 11) is 0. The molecule has 0 fully saturated rings. The van der Waals surface area contributed by atoms with Crippen LogP contribution >= 0.6 is 0 Å². The van der Waals surface area contributed by atoms with Crippen LogP contribution in [0.3, 0.4) is 0 Å². The van der Waals surface area contributed by atoms with E-state index < -0.39 is 0 Å². The number of hydrogen-bond donors (Lipinski definition) is 2. The lowest BCUT2D eigenvalue weighted by atomic mass is 10.1. The van der Waals surface area contributed by atoms with Crippen molar-refractivity contribution in [1.82, 2.24) is 9.78 Å². The van der Waals surface area contributed by atoms with Gasteiger partial charge in [0.1, 0.15) is 5.75 Å². The van der Waals surface area contributed by atoms with Gasteiger partial charge in [-0.2, -0.15) is 5.10 Å². The Morgan fingerprint density at radius 2 is 1.75 bits per heavy atom. The lowest BCUT2D eigenvalue weighted by Gasteiger charge is -2.08. The number of phenols is 1. The summed E-state index contributed by atoms with van der Waals surface area (Å²) >= 11 is 0. The largest absolute Gasteiger partial charge is 0.508 e. The van der Waals surface area contributed by atoms with Crippen molar-refractivity contribution in [2.45, 2.75) is 32.4 Å². The topological polar surface area (TPSA) is 64.1 Å². The monoisotopic (exact) mass is 321 g/mol. The number of aromatic nitrogens is 2. The first-order valence-corrected chi connectivity index (χ1v) is 8.26. The molecule has 4 nitrogen and oxygen atoms in total. The first-order valence-electron chi connectivity index (χ1n) is 8.26. The maximum atomic E-state index is 9.43. The molecule has 1 aromatic heterocycles. The van der Waals surface area contributed by atoms with E-state index in [4.69, 9.17) is 5.73 Å². The molecule has 1 heterocycles. The number of aromatic hydroxyl groups is 1. The minimum atomic E-state index is -0.0819. The van der Waals surface area contributed by atoms with Crippen molar-refractivity contribution in [2.75, 3.05) is 0 Å². The molecule has 24 heavy (non-hydrogen) atoms. The van der Waals surface area contributed by atoms with Crippen LogP contribution in [0.5, 0.6) is 5.75 Å². The normalized spacial score (nSPS) is 12.2. The minimum Gasteiger partial charge on any atom is -0.508 e. The fraction of sp³-hybridized carbons (Fsp3) is 0.250. The van der Waals surface area contributed by atoms with Gasteiger partial charge in [-0.1, -0.05) is 42.5 Å². The van der Waals surface area contributed by atoms with E-state index in [9.17, 15) is 5.11 Å². The Balaban J connectivity index is 1.80. The van der Waals surface area contributed by atoms with Gasteiger partial charge in [0.05, 0.1) is 5.69 Å². The van der Waals surface area contributed by atoms with Gasteiger partial charge in [0.2, 0.25) is 0 Å². The van der Waals surface area contributed by atoms with Gasteiger partial charge in [-0.15, -0.1) is 0 Å². The molecule has 3 N–H and O–H groups in total. The molecule has 0 aliphatic rings. The first kappa shape index (κ1) is 16.3. The van der Waals surface area contributed by atoms with E-state index in [1.165, 1.54) is 5.56 Å². The highest BCUT2D eigenvalue weighted by Crippen LogP contribution is 2.18. The van der Waals surface area contributed by atoms with Gasteiger partial charge in [0.25, 0.3) is 0 Å². The number of phenolic OH excluding ortho intramolecular Hbond substituents is 1. The lowest BCUT2D eigenvalue weighted by molar-refractivity contribution is 0.475. The van der Waals surface area contributed by atoms with Crippen molar-refractivity contribution in [3.05, 3.63) is 83.2 Å². The summed E-state index contributed by atoms with van der Waals surface area (Å²) in [6.07, 6.45) is 1.71. The van der Waals surface area contributed by atoms with E-state index in [-0.39, 0.29) is 11.8 Å². The molecule has 1 unspecified atom stereocenters.